The van der Waals surface area contributed by atoms with E-state index in [4.69, 9.17) is 9.47 Å². The fourth-order valence-electron chi connectivity index (χ4n) is 6.38. The molecular formula is C36H40N4O6. The number of unbranched alkanes of at least 4 members (excludes halogenated alkanes) is 1. The van der Waals surface area contributed by atoms with Crippen LogP contribution >= 0.6 is 0 Å². The molecule has 6 rings (SSSR count). The minimum absolute atomic E-state index is 0.0314. The van der Waals surface area contributed by atoms with Gasteiger partial charge in [0.25, 0.3) is 11.8 Å². The van der Waals surface area contributed by atoms with Gasteiger partial charge in [-0.25, -0.2) is 4.79 Å². The predicted octanol–water partition coefficient (Wildman–Crippen LogP) is 2.90. The predicted molar refractivity (Wildman–Crippen MR) is 171 cm³/mol. The molecule has 0 bridgehead atoms. The van der Waals surface area contributed by atoms with Crippen molar-refractivity contribution in [1.82, 2.24) is 21.3 Å². The number of nitrogens with one attached hydrogen (secondary N) is 4. The minimum atomic E-state index is -0.934. The standard InChI is InChI=1S/C36H40N4O6/c41-33(38-28-18-24-12-4-5-13-25(24)19-28)30(16-8-9-17-37-36(44)45-22-23-10-2-1-3-11-23)40-35(43)32-31(46-32)34(42)39-29-20-26-14-6-7-15-27(26)21-29/h1-7,10-15,28-32H,8-9,16-22H2,(H,37,44)(H,38,41)(H,39,42)(H,40,43)/t30-,31-,32-/m0/s1. The summed E-state index contributed by atoms with van der Waals surface area (Å²) in [7, 11) is 0. The molecule has 10 nitrogen and oxygen atoms in total. The van der Waals surface area contributed by atoms with Crippen LogP contribution < -0.4 is 21.3 Å². The highest BCUT2D eigenvalue weighted by molar-refractivity contribution is 5.97. The van der Waals surface area contributed by atoms with E-state index >= 15 is 0 Å². The Kier molecular flexibility index (Phi) is 9.93. The zero-order valence-corrected chi connectivity index (χ0v) is 25.7. The van der Waals surface area contributed by atoms with Crippen LogP contribution in [-0.2, 0) is 56.1 Å². The van der Waals surface area contributed by atoms with E-state index in [1.807, 2.05) is 54.6 Å². The summed E-state index contributed by atoms with van der Waals surface area (Å²) in [6.45, 7) is 0.551. The van der Waals surface area contributed by atoms with Gasteiger partial charge in [-0.15, -0.1) is 0 Å². The Balaban J connectivity index is 0.972. The molecular weight excluding hydrogens is 584 g/mol. The zero-order chi connectivity index (χ0) is 31.9. The summed E-state index contributed by atoms with van der Waals surface area (Å²) in [5.74, 6) is -1.06. The van der Waals surface area contributed by atoms with Crippen LogP contribution in [0.3, 0.4) is 0 Å². The molecule has 4 amide bonds. The molecule has 240 valence electrons. The largest absolute Gasteiger partial charge is 0.445 e. The molecule has 3 aromatic carbocycles. The molecule has 1 fully saturated rings. The molecule has 0 saturated carbocycles. The van der Waals surface area contributed by atoms with E-state index in [2.05, 4.69) is 45.5 Å². The smallest absolute Gasteiger partial charge is 0.407 e. The second-order valence-corrected chi connectivity index (χ2v) is 12.3. The number of amides is 4. The first-order valence-electron chi connectivity index (χ1n) is 16.1. The molecule has 2 aliphatic carbocycles. The molecule has 1 heterocycles. The molecule has 10 heteroatoms. The van der Waals surface area contributed by atoms with Gasteiger partial charge in [0.1, 0.15) is 12.6 Å². The SMILES string of the molecule is O=C(NCCCC[C@H](NC(=O)[C@H]1O[C@@H]1C(=O)NC1Cc2ccccc2C1)C(=O)NC1Cc2ccccc2C1)OCc1ccccc1. The highest BCUT2D eigenvalue weighted by Gasteiger charge is 2.51. The van der Waals surface area contributed by atoms with Crippen LogP contribution in [0.4, 0.5) is 4.79 Å². The minimum Gasteiger partial charge on any atom is -0.445 e. The molecule has 4 N–H and O–H groups in total. The monoisotopic (exact) mass is 624 g/mol. The van der Waals surface area contributed by atoms with E-state index in [0.29, 0.717) is 25.8 Å². The third-order valence-electron chi connectivity index (χ3n) is 8.84. The van der Waals surface area contributed by atoms with Gasteiger partial charge in [-0.1, -0.05) is 78.9 Å². The molecule has 0 radical (unpaired) electrons. The number of benzene rings is 3. The van der Waals surface area contributed by atoms with Crippen molar-refractivity contribution in [3.63, 3.8) is 0 Å². The lowest BCUT2D eigenvalue weighted by molar-refractivity contribution is -0.130. The molecule has 3 aliphatic rings. The van der Waals surface area contributed by atoms with Gasteiger partial charge in [-0.2, -0.15) is 0 Å². The Morgan fingerprint density at radius 2 is 1.24 bits per heavy atom. The van der Waals surface area contributed by atoms with Crippen LogP contribution in [0.5, 0.6) is 0 Å². The second kappa shape index (κ2) is 14.6. The number of carbonyl (C=O) groups is 4. The average molecular weight is 625 g/mol. The fraction of sp³-hybridized carbons (Fsp3) is 0.389. The first kappa shape index (κ1) is 31.3. The fourth-order valence-corrected chi connectivity index (χ4v) is 6.38. The maximum absolute atomic E-state index is 13.4. The van der Waals surface area contributed by atoms with Crippen molar-refractivity contribution in [2.75, 3.05) is 6.54 Å². The van der Waals surface area contributed by atoms with Gasteiger partial charge in [-0.05, 0) is 72.8 Å². The van der Waals surface area contributed by atoms with Crippen molar-refractivity contribution in [1.29, 1.82) is 0 Å². The van der Waals surface area contributed by atoms with Crippen LogP contribution in [0, 0.1) is 0 Å². The molecule has 1 saturated heterocycles. The number of epoxide rings is 1. The van der Waals surface area contributed by atoms with Crippen molar-refractivity contribution < 1.29 is 28.7 Å². The molecule has 46 heavy (non-hydrogen) atoms. The van der Waals surface area contributed by atoms with E-state index in [-0.39, 0.29) is 30.5 Å². The normalized spacial score (nSPS) is 19.0. The number of rotatable bonds is 13. The van der Waals surface area contributed by atoms with Gasteiger partial charge in [0.15, 0.2) is 12.2 Å². The summed E-state index contributed by atoms with van der Waals surface area (Å²) >= 11 is 0. The molecule has 3 aromatic rings. The summed E-state index contributed by atoms with van der Waals surface area (Å²) in [6.07, 6.45) is 2.16. The van der Waals surface area contributed by atoms with Crippen molar-refractivity contribution in [3.05, 3.63) is 107 Å². The Hall–Kier alpha value is -4.70. The highest BCUT2D eigenvalue weighted by atomic mass is 16.6. The molecule has 0 unspecified atom stereocenters. The average Bonchev–Trinajstić information content (AvgIpc) is 3.61. The summed E-state index contributed by atoms with van der Waals surface area (Å²) in [5.41, 5.74) is 5.76. The molecule has 1 aliphatic heterocycles. The maximum Gasteiger partial charge on any atom is 0.407 e. The number of hydrogen-bond donors (Lipinski definition) is 4. The first-order valence-corrected chi connectivity index (χ1v) is 16.1. The van der Waals surface area contributed by atoms with Gasteiger partial charge in [0.05, 0.1) is 0 Å². The van der Waals surface area contributed by atoms with Gasteiger partial charge in [0.2, 0.25) is 5.91 Å². The third kappa shape index (κ3) is 8.11. The Morgan fingerprint density at radius 3 is 1.85 bits per heavy atom. The summed E-state index contributed by atoms with van der Waals surface area (Å²) < 4.78 is 10.7. The van der Waals surface area contributed by atoms with Gasteiger partial charge < -0.3 is 30.7 Å². The van der Waals surface area contributed by atoms with Crippen molar-refractivity contribution in [2.24, 2.45) is 0 Å². The lowest BCUT2D eigenvalue weighted by Gasteiger charge is -2.21. The summed E-state index contributed by atoms with van der Waals surface area (Å²) in [4.78, 5) is 51.6. The quantitative estimate of drug-likeness (QED) is 0.171. The topological polar surface area (TPSA) is 138 Å². The number of carbonyl (C=O) groups excluding carboxylic acids is 4. The molecule has 0 spiro atoms. The molecule has 0 aromatic heterocycles. The van der Waals surface area contributed by atoms with E-state index in [9.17, 15) is 19.2 Å². The second-order valence-electron chi connectivity index (χ2n) is 12.3. The van der Waals surface area contributed by atoms with Gasteiger partial charge in [-0.3, -0.25) is 14.4 Å². The van der Waals surface area contributed by atoms with Crippen LogP contribution in [-0.4, -0.2) is 60.7 Å². The summed E-state index contributed by atoms with van der Waals surface area (Å²) in [5, 5.41) is 11.7. The van der Waals surface area contributed by atoms with Gasteiger partial charge >= 0.3 is 6.09 Å². The maximum atomic E-state index is 13.4. The van der Waals surface area contributed by atoms with Crippen LogP contribution in [0.2, 0.25) is 0 Å². The van der Waals surface area contributed by atoms with Crippen LogP contribution in [0.25, 0.3) is 0 Å². The van der Waals surface area contributed by atoms with Crippen LogP contribution in [0.15, 0.2) is 78.9 Å². The Bertz CT molecular complexity index is 1510. The van der Waals surface area contributed by atoms with Crippen molar-refractivity contribution in [3.8, 4) is 0 Å². The number of fused-ring (bicyclic) bond motifs is 2. The van der Waals surface area contributed by atoms with E-state index in [0.717, 1.165) is 31.2 Å². The third-order valence-corrected chi connectivity index (χ3v) is 8.84. The number of hydrogen-bond acceptors (Lipinski definition) is 6. The van der Waals surface area contributed by atoms with Crippen molar-refractivity contribution in [2.45, 2.75) is 81.9 Å². The van der Waals surface area contributed by atoms with Crippen LogP contribution in [0.1, 0.15) is 47.1 Å². The van der Waals surface area contributed by atoms with E-state index in [1.54, 1.807) is 0 Å². The Morgan fingerprint density at radius 1 is 0.696 bits per heavy atom. The van der Waals surface area contributed by atoms with Gasteiger partial charge in [0, 0.05) is 18.6 Å². The van der Waals surface area contributed by atoms with E-state index < -0.39 is 30.3 Å². The lowest BCUT2D eigenvalue weighted by Crippen LogP contribution is -2.51. The van der Waals surface area contributed by atoms with Crippen molar-refractivity contribution >= 4 is 23.8 Å². The van der Waals surface area contributed by atoms with E-state index in [1.165, 1.54) is 22.3 Å². The first-order chi connectivity index (χ1) is 22.4. The number of alkyl carbamates (subject to hydrolysis) is 1. The number of ether oxygens (including phenoxy) is 2. The Labute approximate surface area is 268 Å². The highest BCUT2D eigenvalue weighted by Crippen LogP contribution is 2.26. The summed E-state index contributed by atoms with van der Waals surface area (Å²) in [6, 6.07) is 24.8. The lowest BCUT2D eigenvalue weighted by atomic mass is 10.1. The zero-order valence-electron chi connectivity index (χ0n) is 25.7. The molecule has 3 atom stereocenters.